The molecule has 3 nitrogen and oxygen atoms in total. The van der Waals surface area contributed by atoms with Gasteiger partial charge in [0, 0.05) is 23.1 Å². The molecule has 0 fully saturated rings. The lowest BCUT2D eigenvalue weighted by molar-refractivity contribution is 0.581. The quantitative estimate of drug-likeness (QED) is 0.704. The second-order valence-electron chi connectivity index (χ2n) is 4.71. The van der Waals surface area contributed by atoms with Crippen LogP contribution in [0.1, 0.15) is 57.6 Å². The second kappa shape index (κ2) is 8.64. The first-order valence-corrected chi connectivity index (χ1v) is 8.74. The van der Waals surface area contributed by atoms with Gasteiger partial charge in [0.05, 0.1) is 12.2 Å². The number of rotatable bonds is 9. The number of thioether (sulfide) groups is 1. The fourth-order valence-corrected chi connectivity index (χ4v) is 3.18. The van der Waals surface area contributed by atoms with Crippen LogP contribution in [-0.2, 0) is 19.4 Å². The van der Waals surface area contributed by atoms with Crippen molar-refractivity contribution in [3.63, 3.8) is 0 Å². The van der Waals surface area contributed by atoms with E-state index in [0.717, 1.165) is 31.7 Å². The maximum atomic E-state index is 4.84. The van der Waals surface area contributed by atoms with Gasteiger partial charge in [-0.2, -0.15) is 16.9 Å². The Morgan fingerprint density at radius 2 is 1.95 bits per heavy atom. The van der Waals surface area contributed by atoms with Gasteiger partial charge >= 0.3 is 0 Å². The summed E-state index contributed by atoms with van der Waals surface area (Å²) in [5.41, 5.74) is 4.13. The molecular formula is C15H29N3S. The van der Waals surface area contributed by atoms with Crippen LogP contribution < -0.4 is 5.32 Å². The van der Waals surface area contributed by atoms with Crippen molar-refractivity contribution >= 4 is 11.8 Å². The molecule has 110 valence electrons. The summed E-state index contributed by atoms with van der Waals surface area (Å²) in [6.45, 7) is 13.1. The molecule has 1 aromatic rings. The van der Waals surface area contributed by atoms with Crippen LogP contribution in [0.5, 0.6) is 0 Å². The Morgan fingerprint density at radius 1 is 1.21 bits per heavy atom. The molecule has 0 aliphatic heterocycles. The van der Waals surface area contributed by atoms with Gasteiger partial charge in [0.2, 0.25) is 0 Å². The summed E-state index contributed by atoms with van der Waals surface area (Å²) in [7, 11) is 0. The third-order valence-corrected chi connectivity index (χ3v) is 4.32. The number of nitrogens with zero attached hydrogens (tertiary/aromatic N) is 2. The molecule has 0 spiro atoms. The molecule has 0 aliphatic carbocycles. The number of aromatic nitrogens is 2. The van der Waals surface area contributed by atoms with Gasteiger partial charge in [0.15, 0.2) is 0 Å². The van der Waals surface area contributed by atoms with Crippen LogP contribution in [0.2, 0.25) is 0 Å². The lowest BCUT2D eigenvalue weighted by atomic mass is 10.0. The van der Waals surface area contributed by atoms with Crippen molar-refractivity contribution < 1.29 is 0 Å². The summed E-state index contributed by atoms with van der Waals surface area (Å²) in [5.74, 6) is 2.34. The molecule has 19 heavy (non-hydrogen) atoms. The first kappa shape index (κ1) is 16.6. The van der Waals surface area contributed by atoms with Crippen molar-refractivity contribution in [1.82, 2.24) is 15.1 Å². The van der Waals surface area contributed by atoms with E-state index in [9.17, 15) is 0 Å². The van der Waals surface area contributed by atoms with Crippen molar-refractivity contribution in [2.75, 3.05) is 18.1 Å². The number of hydrogen-bond acceptors (Lipinski definition) is 3. The molecule has 0 amide bonds. The van der Waals surface area contributed by atoms with E-state index >= 15 is 0 Å². The average Bonchev–Trinajstić information content (AvgIpc) is 2.77. The smallest absolute Gasteiger partial charge is 0.0672 e. The second-order valence-corrected chi connectivity index (χ2v) is 6.11. The zero-order valence-corrected chi connectivity index (χ0v) is 13.9. The first-order valence-electron chi connectivity index (χ1n) is 7.58. The summed E-state index contributed by atoms with van der Waals surface area (Å²) in [6.07, 6.45) is 2.08. The van der Waals surface area contributed by atoms with Crippen LogP contribution in [-0.4, -0.2) is 27.8 Å². The van der Waals surface area contributed by atoms with E-state index in [0.29, 0.717) is 6.04 Å². The summed E-state index contributed by atoms with van der Waals surface area (Å²) < 4.78 is 2.24. The lowest BCUT2D eigenvalue weighted by Gasteiger charge is -2.15. The van der Waals surface area contributed by atoms with Gasteiger partial charge in [-0.1, -0.05) is 27.7 Å². The van der Waals surface area contributed by atoms with Crippen molar-refractivity contribution in [3.8, 4) is 0 Å². The minimum Gasteiger partial charge on any atom is -0.310 e. The zero-order chi connectivity index (χ0) is 14.3. The predicted molar refractivity (Wildman–Crippen MR) is 86.1 cm³/mol. The highest BCUT2D eigenvalue weighted by Crippen LogP contribution is 2.24. The molecule has 1 atom stereocenters. The Bertz CT molecular complexity index is 374. The maximum Gasteiger partial charge on any atom is 0.0672 e. The Kier molecular flexibility index (Phi) is 7.54. The standard InChI is InChI=1S/C15H29N3S/c1-6-13-15(12(5)16-8-3)14(7-2)18(17-13)10-11-19-9-4/h12,16H,6-11H2,1-5H3. The molecule has 4 heteroatoms. The highest BCUT2D eigenvalue weighted by Gasteiger charge is 2.19. The highest BCUT2D eigenvalue weighted by atomic mass is 32.2. The van der Waals surface area contributed by atoms with Gasteiger partial charge in [-0.3, -0.25) is 4.68 Å². The fourth-order valence-electron chi connectivity index (χ4n) is 2.59. The third-order valence-electron chi connectivity index (χ3n) is 3.44. The van der Waals surface area contributed by atoms with Gasteiger partial charge < -0.3 is 5.32 Å². The van der Waals surface area contributed by atoms with Crippen molar-refractivity contribution in [2.24, 2.45) is 0 Å². The summed E-state index contributed by atoms with van der Waals surface area (Å²) in [6, 6.07) is 0.405. The van der Waals surface area contributed by atoms with E-state index < -0.39 is 0 Å². The topological polar surface area (TPSA) is 29.9 Å². The fraction of sp³-hybridized carbons (Fsp3) is 0.800. The van der Waals surface area contributed by atoms with E-state index in [1.807, 2.05) is 11.8 Å². The lowest BCUT2D eigenvalue weighted by Crippen LogP contribution is -2.20. The monoisotopic (exact) mass is 283 g/mol. The van der Waals surface area contributed by atoms with Gasteiger partial charge in [0.25, 0.3) is 0 Å². The van der Waals surface area contributed by atoms with Crippen LogP contribution in [0.4, 0.5) is 0 Å². The van der Waals surface area contributed by atoms with Crippen LogP contribution in [0, 0.1) is 0 Å². The van der Waals surface area contributed by atoms with E-state index in [1.165, 1.54) is 22.7 Å². The molecule has 1 aromatic heterocycles. The van der Waals surface area contributed by atoms with Crippen molar-refractivity contribution in [3.05, 3.63) is 17.0 Å². The Balaban J connectivity index is 2.99. The largest absolute Gasteiger partial charge is 0.310 e. The Labute approximate surface area is 122 Å². The third kappa shape index (κ3) is 4.25. The van der Waals surface area contributed by atoms with E-state index in [1.54, 1.807) is 0 Å². The molecule has 0 saturated heterocycles. The van der Waals surface area contributed by atoms with Gasteiger partial charge in [-0.05, 0) is 32.1 Å². The highest BCUT2D eigenvalue weighted by molar-refractivity contribution is 7.99. The zero-order valence-electron chi connectivity index (χ0n) is 13.1. The average molecular weight is 283 g/mol. The molecule has 0 aromatic carbocycles. The first-order chi connectivity index (χ1) is 9.19. The van der Waals surface area contributed by atoms with E-state index in [4.69, 9.17) is 5.10 Å². The summed E-state index contributed by atoms with van der Waals surface area (Å²) >= 11 is 1.99. The van der Waals surface area contributed by atoms with Crippen LogP contribution in [0.3, 0.4) is 0 Å². The number of hydrogen-bond donors (Lipinski definition) is 1. The molecule has 1 heterocycles. The number of aryl methyl sites for hydroxylation is 2. The molecule has 0 saturated carbocycles. The minimum atomic E-state index is 0.405. The maximum absolute atomic E-state index is 4.84. The predicted octanol–water partition coefficient (Wildman–Crippen LogP) is 3.43. The molecule has 1 N–H and O–H groups in total. The molecule has 0 bridgehead atoms. The molecule has 1 rings (SSSR count). The summed E-state index contributed by atoms with van der Waals surface area (Å²) in [5, 5.41) is 8.37. The van der Waals surface area contributed by atoms with Crippen LogP contribution in [0.15, 0.2) is 0 Å². The van der Waals surface area contributed by atoms with E-state index in [2.05, 4.69) is 44.6 Å². The molecule has 0 radical (unpaired) electrons. The van der Waals surface area contributed by atoms with Crippen LogP contribution in [0.25, 0.3) is 0 Å². The Hall–Kier alpha value is -0.480. The van der Waals surface area contributed by atoms with Crippen LogP contribution >= 0.6 is 11.8 Å². The molecule has 0 aliphatic rings. The minimum absolute atomic E-state index is 0.405. The Morgan fingerprint density at radius 3 is 2.47 bits per heavy atom. The van der Waals surface area contributed by atoms with Gasteiger partial charge in [0.1, 0.15) is 0 Å². The summed E-state index contributed by atoms with van der Waals surface area (Å²) in [4.78, 5) is 0. The van der Waals surface area contributed by atoms with Crippen molar-refractivity contribution in [2.45, 2.75) is 60.0 Å². The van der Waals surface area contributed by atoms with Gasteiger partial charge in [-0.15, -0.1) is 0 Å². The van der Waals surface area contributed by atoms with Gasteiger partial charge in [-0.25, -0.2) is 0 Å². The normalized spacial score (nSPS) is 12.9. The number of nitrogens with one attached hydrogen (secondary N) is 1. The SMILES string of the molecule is CCNC(C)c1c(CC)nn(CCSCC)c1CC. The van der Waals surface area contributed by atoms with Crippen molar-refractivity contribution in [1.29, 1.82) is 0 Å². The molecule has 1 unspecified atom stereocenters. The molecular weight excluding hydrogens is 254 g/mol. The van der Waals surface area contributed by atoms with E-state index in [-0.39, 0.29) is 0 Å².